The number of nitrogens with zero attached hydrogens (tertiary/aromatic N) is 1. The van der Waals surface area contributed by atoms with E-state index in [0.29, 0.717) is 18.5 Å². The third kappa shape index (κ3) is 5.13. The molecule has 0 bridgehead atoms. The topological polar surface area (TPSA) is 78.6 Å². The van der Waals surface area contributed by atoms with Gasteiger partial charge >= 0.3 is 6.03 Å². The summed E-state index contributed by atoms with van der Waals surface area (Å²) < 4.78 is 0. The monoisotopic (exact) mass is 335 g/mol. The van der Waals surface area contributed by atoms with E-state index in [1.165, 1.54) is 0 Å². The molecule has 1 rings (SSSR count). The number of nitrogens with two attached hydrogens (primary N) is 1. The Hall–Kier alpha value is -1.75. The van der Waals surface area contributed by atoms with Crippen LogP contribution in [-0.4, -0.2) is 28.1 Å². The van der Waals surface area contributed by atoms with Crippen molar-refractivity contribution in [2.75, 3.05) is 6.54 Å². The number of carbonyl (C=O) groups is 1. The number of carbonyl (C=O) groups excluding carboxylic acids is 1. The van der Waals surface area contributed by atoms with E-state index in [0.717, 1.165) is 6.42 Å². The Bertz CT molecular complexity index is 552. The van der Waals surface area contributed by atoms with Gasteiger partial charge in [-0.05, 0) is 39.2 Å². The zero-order valence-electron chi connectivity index (χ0n) is 15.9. The molecule has 0 fully saturated rings. The van der Waals surface area contributed by atoms with Gasteiger partial charge in [-0.1, -0.05) is 45.4 Å². The largest absolute Gasteiger partial charge is 0.508 e. The molecule has 0 saturated heterocycles. The Morgan fingerprint density at radius 1 is 1.29 bits per heavy atom. The fourth-order valence-electron chi connectivity index (χ4n) is 2.82. The highest BCUT2D eigenvalue weighted by Gasteiger charge is 2.40. The van der Waals surface area contributed by atoms with E-state index in [-0.39, 0.29) is 23.2 Å². The SMILES string of the molecule is CCCC(N)(c1ccccc1O)N(CC(C)C)C(=O)NC(C)(C)C. The van der Waals surface area contributed by atoms with Crippen LogP contribution in [0.15, 0.2) is 24.3 Å². The van der Waals surface area contributed by atoms with Crippen LogP contribution in [0.2, 0.25) is 0 Å². The van der Waals surface area contributed by atoms with Crippen molar-refractivity contribution in [3.63, 3.8) is 0 Å². The van der Waals surface area contributed by atoms with E-state index in [1.54, 1.807) is 23.1 Å². The van der Waals surface area contributed by atoms with Crippen molar-refractivity contribution >= 4 is 6.03 Å². The van der Waals surface area contributed by atoms with E-state index in [9.17, 15) is 9.90 Å². The van der Waals surface area contributed by atoms with Crippen LogP contribution in [0.3, 0.4) is 0 Å². The van der Waals surface area contributed by atoms with E-state index in [2.05, 4.69) is 19.2 Å². The molecule has 24 heavy (non-hydrogen) atoms. The fraction of sp³-hybridized carbons (Fsp3) is 0.632. The predicted octanol–water partition coefficient (Wildman–Crippen LogP) is 3.77. The highest BCUT2D eigenvalue weighted by Crippen LogP contribution is 2.34. The van der Waals surface area contributed by atoms with Gasteiger partial charge in [-0.25, -0.2) is 4.79 Å². The molecule has 4 N–H and O–H groups in total. The number of phenolic OH excluding ortho intramolecular Hbond substituents is 1. The van der Waals surface area contributed by atoms with E-state index in [4.69, 9.17) is 5.73 Å². The second-order valence-corrected chi connectivity index (χ2v) is 7.88. The van der Waals surface area contributed by atoms with Gasteiger partial charge in [0.2, 0.25) is 0 Å². The first kappa shape index (κ1) is 20.3. The Kier molecular flexibility index (Phi) is 6.67. The molecule has 5 heteroatoms. The number of para-hydroxylation sites is 1. The Morgan fingerprint density at radius 2 is 1.88 bits per heavy atom. The smallest absolute Gasteiger partial charge is 0.319 e. The zero-order chi connectivity index (χ0) is 18.5. The number of amides is 2. The van der Waals surface area contributed by atoms with Crippen molar-refractivity contribution in [2.45, 2.75) is 65.6 Å². The molecular weight excluding hydrogens is 302 g/mol. The van der Waals surface area contributed by atoms with Crippen molar-refractivity contribution in [1.82, 2.24) is 10.2 Å². The maximum atomic E-state index is 13.0. The molecule has 0 radical (unpaired) electrons. The second kappa shape index (κ2) is 7.88. The van der Waals surface area contributed by atoms with Crippen molar-refractivity contribution in [1.29, 1.82) is 0 Å². The molecule has 1 unspecified atom stereocenters. The first-order valence-corrected chi connectivity index (χ1v) is 8.68. The van der Waals surface area contributed by atoms with Gasteiger partial charge in [-0.2, -0.15) is 0 Å². The summed E-state index contributed by atoms with van der Waals surface area (Å²) in [6, 6.07) is 6.79. The summed E-state index contributed by atoms with van der Waals surface area (Å²) in [4.78, 5) is 14.6. The standard InChI is InChI=1S/C19H33N3O2/c1-7-12-19(20,15-10-8-9-11-16(15)23)22(13-14(2)3)17(24)21-18(4,5)6/h8-11,14,23H,7,12-13,20H2,1-6H3,(H,21,24). The summed E-state index contributed by atoms with van der Waals surface area (Å²) in [5, 5.41) is 13.3. The molecule has 0 aliphatic heterocycles. The first-order chi connectivity index (χ1) is 11.0. The number of nitrogens with one attached hydrogen (secondary N) is 1. The zero-order valence-corrected chi connectivity index (χ0v) is 15.9. The summed E-state index contributed by atoms with van der Waals surface area (Å²) >= 11 is 0. The van der Waals surface area contributed by atoms with Crippen molar-refractivity contribution < 1.29 is 9.90 Å². The molecule has 0 heterocycles. The van der Waals surface area contributed by atoms with Crippen LogP contribution in [-0.2, 0) is 5.66 Å². The molecule has 1 aromatic carbocycles. The summed E-state index contributed by atoms with van der Waals surface area (Å²) in [7, 11) is 0. The molecule has 0 spiro atoms. The lowest BCUT2D eigenvalue weighted by Crippen LogP contribution is -2.61. The minimum atomic E-state index is -1.06. The van der Waals surface area contributed by atoms with Crippen LogP contribution in [0, 0.1) is 5.92 Å². The molecule has 0 aliphatic rings. The number of urea groups is 1. The number of rotatable bonds is 6. The van der Waals surface area contributed by atoms with Gasteiger partial charge in [0, 0.05) is 17.6 Å². The lowest BCUT2D eigenvalue weighted by Gasteiger charge is -2.43. The van der Waals surface area contributed by atoms with Gasteiger partial charge in [0.15, 0.2) is 0 Å². The average Bonchev–Trinajstić information content (AvgIpc) is 2.43. The summed E-state index contributed by atoms with van der Waals surface area (Å²) in [6.07, 6.45) is 1.36. The van der Waals surface area contributed by atoms with Crippen LogP contribution < -0.4 is 11.1 Å². The fourth-order valence-corrected chi connectivity index (χ4v) is 2.82. The maximum Gasteiger partial charge on any atom is 0.319 e. The van der Waals surface area contributed by atoms with Gasteiger partial charge in [0.1, 0.15) is 11.4 Å². The van der Waals surface area contributed by atoms with E-state index >= 15 is 0 Å². The Balaban J connectivity index is 3.36. The van der Waals surface area contributed by atoms with Crippen LogP contribution in [0.1, 0.15) is 59.9 Å². The lowest BCUT2D eigenvalue weighted by molar-refractivity contribution is 0.0883. The third-order valence-corrected chi connectivity index (χ3v) is 3.76. The highest BCUT2D eigenvalue weighted by atomic mass is 16.3. The molecule has 5 nitrogen and oxygen atoms in total. The van der Waals surface area contributed by atoms with Gasteiger partial charge in [-0.3, -0.25) is 0 Å². The minimum Gasteiger partial charge on any atom is -0.508 e. The van der Waals surface area contributed by atoms with Gasteiger partial charge in [-0.15, -0.1) is 0 Å². The van der Waals surface area contributed by atoms with E-state index in [1.807, 2.05) is 33.8 Å². The number of aromatic hydroxyl groups is 1. The molecule has 0 saturated carbocycles. The third-order valence-electron chi connectivity index (χ3n) is 3.76. The molecule has 136 valence electrons. The Morgan fingerprint density at radius 3 is 2.33 bits per heavy atom. The van der Waals surface area contributed by atoms with Crippen LogP contribution in [0.4, 0.5) is 4.79 Å². The summed E-state index contributed by atoms with van der Waals surface area (Å²) in [6.45, 7) is 12.5. The number of hydrogen-bond acceptors (Lipinski definition) is 3. The maximum absolute atomic E-state index is 13.0. The second-order valence-electron chi connectivity index (χ2n) is 7.88. The van der Waals surface area contributed by atoms with Crippen LogP contribution >= 0.6 is 0 Å². The first-order valence-electron chi connectivity index (χ1n) is 8.68. The highest BCUT2D eigenvalue weighted by molar-refractivity contribution is 5.76. The average molecular weight is 335 g/mol. The molecule has 1 atom stereocenters. The molecular formula is C19H33N3O2. The molecule has 0 aliphatic carbocycles. The van der Waals surface area contributed by atoms with Gasteiger partial charge in [0.25, 0.3) is 0 Å². The van der Waals surface area contributed by atoms with Crippen molar-refractivity contribution in [3.8, 4) is 5.75 Å². The Labute approximate surface area is 146 Å². The quantitative estimate of drug-likeness (QED) is 0.692. The van der Waals surface area contributed by atoms with Crippen LogP contribution in [0.5, 0.6) is 5.75 Å². The van der Waals surface area contributed by atoms with Crippen molar-refractivity contribution in [2.24, 2.45) is 11.7 Å². The minimum absolute atomic E-state index is 0.116. The van der Waals surface area contributed by atoms with Gasteiger partial charge in [0.05, 0.1) is 0 Å². The van der Waals surface area contributed by atoms with E-state index < -0.39 is 5.66 Å². The predicted molar refractivity (Wildman–Crippen MR) is 98.7 cm³/mol. The number of hydrogen-bond donors (Lipinski definition) is 3. The summed E-state index contributed by atoms with van der Waals surface area (Å²) in [5.74, 6) is 0.368. The number of phenols is 1. The molecule has 2 amide bonds. The summed E-state index contributed by atoms with van der Waals surface area (Å²) in [5.41, 5.74) is 5.91. The lowest BCUT2D eigenvalue weighted by atomic mass is 9.91. The molecule has 1 aromatic rings. The normalized spacial score (nSPS) is 14.3. The van der Waals surface area contributed by atoms with Gasteiger partial charge < -0.3 is 21.1 Å². The number of benzene rings is 1. The van der Waals surface area contributed by atoms with Crippen molar-refractivity contribution in [3.05, 3.63) is 29.8 Å². The van der Waals surface area contributed by atoms with Crippen LogP contribution in [0.25, 0.3) is 0 Å². The molecule has 0 aromatic heterocycles.